The van der Waals surface area contributed by atoms with Gasteiger partial charge in [0.2, 0.25) is 12.2 Å². The van der Waals surface area contributed by atoms with Gasteiger partial charge in [-0.25, -0.2) is 0 Å². The van der Waals surface area contributed by atoms with Gasteiger partial charge >= 0.3 is 0 Å². The first kappa shape index (κ1) is 12.1. The molecule has 0 spiro atoms. The quantitative estimate of drug-likeness (QED) is 0.912. The number of halogens is 1. The summed E-state index contributed by atoms with van der Waals surface area (Å²) in [4.78, 5) is 3.87. The van der Waals surface area contributed by atoms with Gasteiger partial charge in [-0.3, -0.25) is 0 Å². The maximum Gasteiger partial charge on any atom is 0.213 e. The second-order valence-corrected chi connectivity index (χ2v) is 4.29. The van der Waals surface area contributed by atoms with Crippen LogP contribution in [0.2, 0.25) is 0 Å². The molecule has 0 radical (unpaired) electrons. The van der Waals surface area contributed by atoms with Gasteiger partial charge in [-0.1, -0.05) is 11.2 Å². The molecule has 0 saturated carbocycles. The van der Waals surface area contributed by atoms with E-state index < -0.39 is 0 Å². The number of rotatable bonds is 5. The topological polar surface area (TPSA) is 74.2 Å². The van der Waals surface area contributed by atoms with E-state index in [2.05, 4.69) is 30.6 Å². The van der Waals surface area contributed by atoms with Gasteiger partial charge in [0.05, 0.1) is 4.47 Å². The van der Waals surface area contributed by atoms with Crippen LogP contribution in [-0.4, -0.2) is 16.7 Å². The van der Waals surface area contributed by atoms with Gasteiger partial charge in [-0.15, -0.1) is 0 Å². The van der Waals surface area contributed by atoms with E-state index in [1.807, 2.05) is 18.2 Å². The van der Waals surface area contributed by atoms with E-state index in [-0.39, 0.29) is 6.61 Å². The average molecular weight is 298 g/mol. The summed E-state index contributed by atoms with van der Waals surface area (Å²) < 4.78 is 11.1. The number of benzene rings is 1. The molecule has 0 unspecified atom stereocenters. The standard InChI is InChI=1S/C11H12BrN3O2/c12-9-5-8(3-4-13)1-2-10(9)16-6-11-14-7-17-15-11/h1-2,5,7H,3-4,6,13H2. The molecule has 0 aliphatic rings. The van der Waals surface area contributed by atoms with Gasteiger partial charge in [0.15, 0.2) is 6.61 Å². The minimum atomic E-state index is 0.283. The number of hydrogen-bond acceptors (Lipinski definition) is 5. The molecule has 1 aromatic heterocycles. The summed E-state index contributed by atoms with van der Waals surface area (Å²) in [5.41, 5.74) is 6.67. The predicted octanol–water partition coefficient (Wildman–Crippen LogP) is 1.91. The van der Waals surface area contributed by atoms with Crippen molar-refractivity contribution < 1.29 is 9.26 Å². The Balaban J connectivity index is 2.01. The Morgan fingerprint density at radius 1 is 1.41 bits per heavy atom. The van der Waals surface area contributed by atoms with Crippen molar-refractivity contribution >= 4 is 15.9 Å². The third kappa shape index (κ3) is 3.28. The molecule has 2 N–H and O–H groups in total. The molecule has 0 amide bonds. The van der Waals surface area contributed by atoms with Crippen molar-refractivity contribution in [2.45, 2.75) is 13.0 Å². The summed E-state index contributed by atoms with van der Waals surface area (Å²) in [6.45, 7) is 0.917. The van der Waals surface area contributed by atoms with Crippen molar-refractivity contribution in [3.8, 4) is 5.75 Å². The van der Waals surface area contributed by atoms with E-state index in [9.17, 15) is 0 Å². The Hall–Kier alpha value is -1.40. The summed E-state index contributed by atoms with van der Waals surface area (Å²) in [6.07, 6.45) is 2.13. The fraction of sp³-hybridized carbons (Fsp3) is 0.273. The molecule has 1 aromatic carbocycles. The Kier molecular flexibility index (Phi) is 4.11. The molecule has 0 fully saturated rings. The molecule has 0 bridgehead atoms. The van der Waals surface area contributed by atoms with Crippen molar-refractivity contribution in [3.63, 3.8) is 0 Å². The lowest BCUT2D eigenvalue weighted by Crippen LogP contribution is -2.03. The first-order valence-corrected chi connectivity index (χ1v) is 5.95. The van der Waals surface area contributed by atoms with Gasteiger partial charge in [0.25, 0.3) is 0 Å². The van der Waals surface area contributed by atoms with Gasteiger partial charge in [-0.2, -0.15) is 4.98 Å². The Morgan fingerprint density at radius 3 is 2.94 bits per heavy atom. The van der Waals surface area contributed by atoms with E-state index in [4.69, 9.17) is 10.5 Å². The predicted molar refractivity (Wildman–Crippen MR) is 65.5 cm³/mol. The van der Waals surface area contributed by atoms with Crippen LogP contribution in [0.3, 0.4) is 0 Å². The van der Waals surface area contributed by atoms with Gasteiger partial charge in [0, 0.05) is 0 Å². The van der Waals surface area contributed by atoms with Gasteiger partial charge < -0.3 is 15.0 Å². The molecule has 0 atom stereocenters. The molecule has 6 heteroatoms. The van der Waals surface area contributed by atoms with Crippen LogP contribution in [0.4, 0.5) is 0 Å². The van der Waals surface area contributed by atoms with E-state index in [0.717, 1.165) is 16.6 Å². The Morgan fingerprint density at radius 2 is 2.29 bits per heavy atom. The fourth-order valence-electron chi connectivity index (χ4n) is 1.38. The minimum absolute atomic E-state index is 0.283. The monoisotopic (exact) mass is 297 g/mol. The molecule has 0 aliphatic carbocycles. The Bertz CT molecular complexity index is 474. The van der Waals surface area contributed by atoms with Crippen LogP contribution < -0.4 is 10.5 Å². The smallest absolute Gasteiger partial charge is 0.213 e. The molecule has 5 nitrogen and oxygen atoms in total. The van der Waals surface area contributed by atoms with Crippen molar-refractivity contribution in [2.75, 3.05) is 6.54 Å². The summed E-state index contributed by atoms with van der Waals surface area (Å²) in [5.74, 6) is 1.26. The Labute approximate surface area is 107 Å². The molecule has 0 saturated heterocycles. The lowest BCUT2D eigenvalue weighted by molar-refractivity contribution is 0.285. The zero-order chi connectivity index (χ0) is 12.1. The summed E-state index contributed by atoms with van der Waals surface area (Å²) in [7, 11) is 0. The maximum atomic E-state index is 5.55. The highest BCUT2D eigenvalue weighted by Gasteiger charge is 2.05. The molecule has 2 aromatic rings. The molecular weight excluding hydrogens is 286 g/mol. The van der Waals surface area contributed by atoms with E-state index in [1.165, 1.54) is 12.0 Å². The fourth-order valence-corrected chi connectivity index (χ4v) is 1.92. The van der Waals surface area contributed by atoms with Crippen LogP contribution in [0.1, 0.15) is 11.4 Å². The van der Waals surface area contributed by atoms with Crippen LogP contribution >= 0.6 is 15.9 Å². The van der Waals surface area contributed by atoms with Crippen molar-refractivity contribution in [1.29, 1.82) is 0 Å². The number of nitrogens with zero attached hydrogens (tertiary/aromatic N) is 2. The summed E-state index contributed by atoms with van der Waals surface area (Å²) >= 11 is 3.45. The highest BCUT2D eigenvalue weighted by molar-refractivity contribution is 9.10. The first-order chi connectivity index (χ1) is 8.29. The highest BCUT2D eigenvalue weighted by atomic mass is 79.9. The maximum absolute atomic E-state index is 5.55. The van der Waals surface area contributed by atoms with E-state index >= 15 is 0 Å². The third-order valence-electron chi connectivity index (χ3n) is 2.19. The largest absolute Gasteiger partial charge is 0.484 e. The first-order valence-electron chi connectivity index (χ1n) is 5.16. The lowest BCUT2D eigenvalue weighted by Gasteiger charge is -2.07. The second kappa shape index (κ2) is 5.79. The van der Waals surface area contributed by atoms with Crippen LogP contribution in [0.15, 0.2) is 33.6 Å². The average Bonchev–Trinajstić information content (AvgIpc) is 2.81. The lowest BCUT2D eigenvalue weighted by atomic mass is 10.1. The van der Waals surface area contributed by atoms with Gasteiger partial charge in [-0.05, 0) is 46.6 Å². The zero-order valence-corrected chi connectivity index (χ0v) is 10.7. The normalized spacial score (nSPS) is 10.5. The minimum Gasteiger partial charge on any atom is -0.484 e. The molecule has 90 valence electrons. The number of aromatic nitrogens is 2. The van der Waals surface area contributed by atoms with Crippen LogP contribution in [0.25, 0.3) is 0 Å². The van der Waals surface area contributed by atoms with E-state index in [1.54, 1.807) is 0 Å². The molecule has 0 aliphatic heterocycles. The molecule has 1 heterocycles. The summed E-state index contributed by atoms with van der Waals surface area (Å²) in [5, 5.41) is 3.67. The van der Waals surface area contributed by atoms with Crippen molar-refractivity contribution in [1.82, 2.24) is 10.1 Å². The molecular formula is C11H12BrN3O2. The van der Waals surface area contributed by atoms with E-state index in [0.29, 0.717) is 12.4 Å². The van der Waals surface area contributed by atoms with Crippen molar-refractivity contribution in [2.24, 2.45) is 5.73 Å². The SMILES string of the molecule is NCCc1ccc(OCc2ncon2)c(Br)c1. The number of ether oxygens (including phenoxy) is 1. The third-order valence-corrected chi connectivity index (χ3v) is 2.81. The molecule has 2 rings (SSSR count). The van der Waals surface area contributed by atoms with Gasteiger partial charge in [0.1, 0.15) is 5.75 Å². The van der Waals surface area contributed by atoms with Crippen LogP contribution in [-0.2, 0) is 13.0 Å². The van der Waals surface area contributed by atoms with Crippen LogP contribution in [0.5, 0.6) is 5.75 Å². The number of nitrogens with two attached hydrogens (primary N) is 1. The second-order valence-electron chi connectivity index (χ2n) is 3.44. The zero-order valence-electron chi connectivity index (χ0n) is 9.10. The summed E-state index contributed by atoms with van der Waals surface area (Å²) in [6, 6.07) is 5.89. The van der Waals surface area contributed by atoms with Crippen LogP contribution in [0, 0.1) is 0 Å². The molecule has 17 heavy (non-hydrogen) atoms. The number of hydrogen-bond donors (Lipinski definition) is 1. The highest BCUT2D eigenvalue weighted by Crippen LogP contribution is 2.26. The van der Waals surface area contributed by atoms with Crippen molar-refractivity contribution in [3.05, 3.63) is 40.5 Å².